The molecule has 16 heteroatoms. The Morgan fingerprint density at radius 1 is 0.519 bits per heavy atom. The van der Waals surface area contributed by atoms with E-state index in [9.17, 15) is 38.4 Å². The summed E-state index contributed by atoms with van der Waals surface area (Å²) in [5, 5.41) is 15.4. The average Bonchev–Trinajstić information content (AvgIpc) is 2.95. The Kier molecular flexibility index (Phi) is 15.8. The van der Waals surface area contributed by atoms with Crippen molar-refractivity contribution in [3.63, 3.8) is 0 Å². The van der Waals surface area contributed by atoms with Gasteiger partial charge >= 0.3 is 11.9 Å². The first-order chi connectivity index (χ1) is 23.1. The maximum absolute atomic E-state index is 13.3. The number of nitrogens with one attached hydrogen (secondary N) is 6. The standard InChI is InChI=1S/C36H62N6O10/c1-20(2)24(25(45)51-17)37-26(46)32(8,9)40-28(48)34(12,13)42-29(49)35(14,15)41-27(47)33(10,11)38-22(43)18-19-23(44)39-36(16,21(3)4)30(50)52-31(5,6)7/h18-21,24H,1-17H3,(H,37,46)(H,38,43)(H,39,44)(H,40,48)(H,41,47)(H,42,49)/b19-18-/t24-,36-/m0/s1. The molecule has 6 N–H and O–H groups in total. The molecule has 0 aliphatic rings. The highest BCUT2D eigenvalue weighted by Gasteiger charge is 2.43. The van der Waals surface area contributed by atoms with Crippen LogP contribution in [0.3, 0.4) is 0 Å². The quantitative estimate of drug-likeness (QED) is 0.0983. The molecule has 0 aromatic heterocycles. The van der Waals surface area contributed by atoms with Crippen LogP contribution in [0, 0.1) is 11.8 Å². The fourth-order valence-corrected chi connectivity index (χ4v) is 4.11. The molecule has 0 spiro atoms. The van der Waals surface area contributed by atoms with Gasteiger partial charge in [-0.25, -0.2) is 9.59 Å². The van der Waals surface area contributed by atoms with Crippen LogP contribution < -0.4 is 31.9 Å². The minimum absolute atomic E-state index is 0.295. The molecule has 0 saturated carbocycles. The maximum atomic E-state index is 13.3. The molecule has 0 aliphatic heterocycles. The lowest BCUT2D eigenvalue weighted by Gasteiger charge is -2.36. The zero-order chi connectivity index (χ0) is 41.4. The van der Waals surface area contributed by atoms with Crippen molar-refractivity contribution in [2.24, 2.45) is 11.8 Å². The lowest BCUT2D eigenvalue weighted by atomic mass is 9.88. The van der Waals surface area contributed by atoms with E-state index in [0.29, 0.717) is 0 Å². The third-order valence-electron chi connectivity index (χ3n) is 8.14. The van der Waals surface area contributed by atoms with Gasteiger partial charge in [0.25, 0.3) is 0 Å². The molecular weight excluding hydrogens is 676 g/mol. The van der Waals surface area contributed by atoms with E-state index in [4.69, 9.17) is 9.47 Å². The van der Waals surface area contributed by atoms with E-state index >= 15 is 0 Å². The summed E-state index contributed by atoms with van der Waals surface area (Å²) in [6.45, 7) is 24.8. The van der Waals surface area contributed by atoms with Gasteiger partial charge in [-0.15, -0.1) is 0 Å². The molecule has 2 atom stereocenters. The second-order valence-corrected chi connectivity index (χ2v) is 16.8. The van der Waals surface area contributed by atoms with Crippen molar-refractivity contribution in [2.75, 3.05) is 7.11 Å². The summed E-state index contributed by atoms with van der Waals surface area (Å²) in [4.78, 5) is 103. The summed E-state index contributed by atoms with van der Waals surface area (Å²) in [6.07, 6.45) is 1.82. The van der Waals surface area contributed by atoms with Crippen LogP contribution in [-0.2, 0) is 47.8 Å². The summed E-state index contributed by atoms with van der Waals surface area (Å²) in [6, 6.07) is -0.952. The molecule has 296 valence electrons. The second kappa shape index (κ2) is 17.3. The summed E-state index contributed by atoms with van der Waals surface area (Å²) < 4.78 is 10.2. The van der Waals surface area contributed by atoms with Crippen LogP contribution in [0.25, 0.3) is 0 Å². The van der Waals surface area contributed by atoms with Crippen LogP contribution in [-0.4, -0.2) is 93.8 Å². The van der Waals surface area contributed by atoms with E-state index in [-0.39, 0.29) is 11.8 Å². The smallest absolute Gasteiger partial charge is 0.332 e. The molecule has 0 saturated heterocycles. The number of hydrogen-bond donors (Lipinski definition) is 6. The number of esters is 2. The minimum Gasteiger partial charge on any atom is -0.467 e. The van der Waals surface area contributed by atoms with Crippen molar-refractivity contribution < 1.29 is 47.8 Å². The van der Waals surface area contributed by atoms with Crippen LogP contribution >= 0.6 is 0 Å². The minimum atomic E-state index is -1.60. The van der Waals surface area contributed by atoms with Crippen LogP contribution in [0.2, 0.25) is 0 Å². The van der Waals surface area contributed by atoms with Crippen molar-refractivity contribution in [1.82, 2.24) is 31.9 Å². The molecule has 0 heterocycles. The van der Waals surface area contributed by atoms with Crippen LogP contribution in [0.4, 0.5) is 0 Å². The normalized spacial score (nSPS) is 14.4. The van der Waals surface area contributed by atoms with Crippen LogP contribution in [0.15, 0.2) is 12.2 Å². The van der Waals surface area contributed by atoms with E-state index in [1.54, 1.807) is 48.5 Å². The average molecular weight is 739 g/mol. The molecule has 0 unspecified atom stereocenters. The second-order valence-electron chi connectivity index (χ2n) is 16.8. The molecule has 0 bridgehead atoms. The van der Waals surface area contributed by atoms with Crippen molar-refractivity contribution in [3.8, 4) is 0 Å². The van der Waals surface area contributed by atoms with Crippen molar-refractivity contribution >= 4 is 47.4 Å². The number of rotatable bonds is 16. The highest BCUT2D eigenvalue weighted by molar-refractivity contribution is 6.02. The van der Waals surface area contributed by atoms with Gasteiger partial charge in [0.15, 0.2) is 0 Å². The number of amides is 6. The van der Waals surface area contributed by atoms with Crippen molar-refractivity contribution in [1.29, 1.82) is 0 Å². The Balaban J connectivity index is 5.58. The summed E-state index contributed by atoms with van der Waals surface area (Å²) in [5.41, 5.74) is -8.45. The van der Waals surface area contributed by atoms with Crippen LogP contribution in [0.1, 0.15) is 111 Å². The first-order valence-electron chi connectivity index (χ1n) is 17.1. The Morgan fingerprint density at radius 2 is 0.865 bits per heavy atom. The number of carbonyl (C=O) groups is 8. The highest BCUT2D eigenvalue weighted by atomic mass is 16.6. The third kappa shape index (κ3) is 13.9. The number of hydrogen-bond acceptors (Lipinski definition) is 10. The molecule has 16 nitrogen and oxygen atoms in total. The topological polar surface area (TPSA) is 227 Å². The monoisotopic (exact) mass is 738 g/mol. The molecular formula is C36H62N6O10. The molecule has 6 amide bonds. The summed E-state index contributed by atoms with van der Waals surface area (Å²) in [5.74, 6) is -6.39. The van der Waals surface area contributed by atoms with E-state index in [0.717, 1.165) is 12.2 Å². The maximum Gasteiger partial charge on any atom is 0.332 e. The molecule has 0 aliphatic carbocycles. The third-order valence-corrected chi connectivity index (χ3v) is 8.14. The van der Waals surface area contributed by atoms with E-state index < -0.39 is 86.7 Å². The van der Waals surface area contributed by atoms with Gasteiger partial charge in [0, 0.05) is 12.2 Å². The number of methoxy groups -OCH3 is 1. The zero-order valence-electron chi connectivity index (χ0n) is 34.0. The zero-order valence-corrected chi connectivity index (χ0v) is 34.0. The predicted molar refractivity (Wildman–Crippen MR) is 194 cm³/mol. The Bertz CT molecular complexity index is 1420. The van der Waals surface area contributed by atoms with Crippen molar-refractivity contribution in [3.05, 3.63) is 12.2 Å². The molecule has 0 radical (unpaired) electrons. The highest BCUT2D eigenvalue weighted by Crippen LogP contribution is 2.22. The molecule has 0 rings (SSSR count). The molecule has 0 aromatic rings. The van der Waals surface area contributed by atoms with Gasteiger partial charge in [-0.1, -0.05) is 27.7 Å². The Hall–Kier alpha value is -4.50. The first kappa shape index (κ1) is 47.5. The van der Waals surface area contributed by atoms with Crippen LogP contribution in [0.5, 0.6) is 0 Å². The lowest BCUT2D eigenvalue weighted by Crippen LogP contribution is -2.68. The lowest BCUT2D eigenvalue weighted by molar-refractivity contribution is -0.165. The largest absolute Gasteiger partial charge is 0.467 e. The van der Waals surface area contributed by atoms with Gasteiger partial charge in [-0.3, -0.25) is 28.8 Å². The SMILES string of the molecule is COC(=O)[C@@H](NC(=O)C(C)(C)NC(=O)C(C)(C)NC(=O)C(C)(C)NC(=O)C(C)(C)NC(=O)/C=C\C(=O)N[C@](C)(C(=O)OC(C)(C)C)C(C)C)C(C)C. The summed E-state index contributed by atoms with van der Waals surface area (Å²) >= 11 is 0. The van der Waals surface area contributed by atoms with Gasteiger partial charge in [-0.2, -0.15) is 0 Å². The van der Waals surface area contributed by atoms with Gasteiger partial charge in [0.2, 0.25) is 35.4 Å². The van der Waals surface area contributed by atoms with Crippen molar-refractivity contribution in [2.45, 2.75) is 150 Å². The predicted octanol–water partition coefficient (Wildman–Crippen LogP) is 1.31. The van der Waals surface area contributed by atoms with Gasteiger partial charge in [0.05, 0.1) is 7.11 Å². The molecule has 0 aromatic carbocycles. The Morgan fingerprint density at radius 3 is 1.19 bits per heavy atom. The van der Waals surface area contributed by atoms with E-state index in [1.165, 1.54) is 69.4 Å². The fourth-order valence-electron chi connectivity index (χ4n) is 4.11. The van der Waals surface area contributed by atoms with Gasteiger partial charge in [0.1, 0.15) is 39.3 Å². The first-order valence-corrected chi connectivity index (χ1v) is 17.1. The van der Waals surface area contributed by atoms with E-state index in [2.05, 4.69) is 31.9 Å². The fraction of sp³-hybridized carbons (Fsp3) is 0.722. The van der Waals surface area contributed by atoms with Gasteiger partial charge < -0.3 is 41.4 Å². The molecule has 0 fully saturated rings. The number of carbonyl (C=O) groups excluding carboxylic acids is 8. The molecule has 52 heavy (non-hydrogen) atoms. The van der Waals surface area contributed by atoms with Gasteiger partial charge in [-0.05, 0) is 94.9 Å². The number of ether oxygens (including phenoxy) is 2. The summed E-state index contributed by atoms with van der Waals surface area (Å²) in [7, 11) is 1.20. The Labute approximate surface area is 308 Å². The van der Waals surface area contributed by atoms with E-state index in [1.807, 2.05) is 0 Å².